The van der Waals surface area contributed by atoms with Crippen molar-refractivity contribution < 1.29 is 5.11 Å². The molecule has 4 heteroatoms. The number of phenols is 1. The summed E-state index contributed by atoms with van der Waals surface area (Å²) in [5.74, 6) is 2.58. The van der Waals surface area contributed by atoms with Crippen molar-refractivity contribution in [3.63, 3.8) is 0 Å². The van der Waals surface area contributed by atoms with Crippen molar-refractivity contribution in [3.8, 4) is 5.75 Å². The van der Waals surface area contributed by atoms with E-state index >= 15 is 0 Å². The number of aromatic nitrogens is 1. The summed E-state index contributed by atoms with van der Waals surface area (Å²) >= 11 is 2.00. The van der Waals surface area contributed by atoms with Crippen LogP contribution in [0.5, 0.6) is 5.75 Å². The number of hydrogen-bond donors (Lipinski definition) is 2. The van der Waals surface area contributed by atoms with Crippen molar-refractivity contribution in [2.24, 2.45) is 0 Å². The standard InChI is InChI=1S/C22H24N2OS/c25-22-8-4-2-6-20(22)17-9-11-24(12-10-17)13-14-26-16-18-15-23-21-7-3-1-5-19(18)21/h1-9,15,23,25H,10-14,16H2. The van der Waals surface area contributed by atoms with Gasteiger partial charge in [-0.25, -0.2) is 0 Å². The fourth-order valence-corrected chi connectivity index (χ4v) is 4.52. The summed E-state index contributed by atoms with van der Waals surface area (Å²) in [5, 5.41) is 11.3. The highest BCUT2D eigenvalue weighted by atomic mass is 32.2. The molecule has 0 spiro atoms. The number of rotatable bonds is 6. The third kappa shape index (κ3) is 3.81. The molecule has 26 heavy (non-hydrogen) atoms. The number of para-hydroxylation sites is 2. The van der Waals surface area contributed by atoms with Gasteiger partial charge in [0, 0.05) is 53.8 Å². The fourth-order valence-electron chi connectivity index (χ4n) is 3.53. The number of benzene rings is 2. The van der Waals surface area contributed by atoms with E-state index in [4.69, 9.17) is 0 Å². The molecule has 2 heterocycles. The predicted octanol–water partition coefficient (Wildman–Crippen LogP) is 4.90. The van der Waals surface area contributed by atoms with Gasteiger partial charge in [-0.3, -0.25) is 4.90 Å². The Labute approximate surface area is 158 Å². The van der Waals surface area contributed by atoms with Crippen LogP contribution >= 0.6 is 11.8 Å². The average molecular weight is 365 g/mol. The van der Waals surface area contributed by atoms with Crippen LogP contribution in [0.15, 0.2) is 60.8 Å². The summed E-state index contributed by atoms with van der Waals surface area (Å²) in [6, 6.07) is 16.1. The highest BCUT2D eigenvalue weighted by molar-refractivity contribution is 7.98. The maximum absolute atomic E-state index is 10.0. The number of aromatic amines is 1. The average Bonchev–Trinajstić information content (AvgIpc) is 3.09. The first-order chi connectivity index (χ1) is 12.8. The van der Waals surface area contributed by atoms with Gasteiger partial charge in [-0.05, 0) is 29.7 Å². The number of fused-ring (bicyclic) bond motifs is 1. The molecule has 0 aliphatic carbocycles. The molecule has 0 radical (unpaired) electrons. The summed E-state index contributed by atoms with van der Waals surface area (Å²) < 4.78 is 0. The molecular weight excluding hydrogens is 340 g/mol. The second-order valence-corrected chi connectivity index (χ2v) is 7.81. The molecule has 0 bridgehead atoms. The lowest BCUT2D eigenvalue weighted by Crippen LogP contribution is -2.30. The Bertz CT molecular complexity index is 915. The minimum atomic E-state index is 0.390. The minimum Gasteiger partial charge on any atom is -0.507 e. The van der Waals surface area contributed by atoms with E-state index in [0.717, 1.165) is 43.1 Å². The van der Waals surface area contributed by atoms with Gasteiger partial charge in [0.2, 0.25) is 0 Å². The second-order valence-electron chi connectivity index (χ2n) is 6.71. The lowest BCUT2D eigenvalue weighted by molar-refractivity contribution is 0.321. The minimum absolute atomic E-state index is 0.390. The Morgan fingerprint density at radius 3 is 2.77 bits per heavy atom. The van der Waals surface area contributed by atoms with Crippen LogP contribution in [0, 0.1) is 0 Å². The van der Waals surface area contributed by atoms with Crippen molar-refractivity contribution in [3.05, 3.63) is 71.9 Å². The SMILES string of the molecule is Oc1ccccc1C1=CCN(CCSCc2c[nH]c3ccccc23)CC1. The lowest BCUT2D eigenvalue weighted by atomic mass is 9.99. The highest BCUT2D eigenvalue weighted by Crippen LogP contribution is 2.29. The van der Waals surface area contributed by atoms with E-state index < -0.39 is 0 Å². The summed E-state index contributed by atoms with van der Waals surface area (Å²) in [5.41, 5.74) is 4.87. The maximum atomic E-state index is 10.0. The summed E-state index contributed by atoms with van der Waals surface area (Å²) in [6.07, 6.45) is 5.41. The first-order valence-corrected chi connectivity index (χ1v) is 10.3. The Morgan fingerprint density at radius 1 is 1.08 bits per heavy atom. The van der Waals surface area contributed by atoms with Crippen molar-refractivity contribution in [1.82, 2.24) is 9.88 Å². The largest absolute Gasteiger partial charge is 0.507 e. The molecule has 0 fully saturated rings. The Balaban J connectivity index is 1.26. The molecule has 2 aromatic carbocycles. The van der Waals surface area contributed by atoms with Crippen LogP contribution in [0.25, 0.3) is 16.5 Å². The predicted molar refractivity (Wildman–Crippen MR) is 112 cm³/mol. The number of hydrogen-bond acceptors (Lipinski definition) is 3. The third-order valence-electron chi connectivity index (χ3n) is 5.03. The Hall–Kier alpha value is -2.17. The summed E-state index contributed by atoms with van der Waals surface area (Å²) in [7, 11) is 0. The van der Waals surface area contributed by atoms with Crippen LogP contribution in [-0.4, -0.2) is 40.4 Å². The Morgan fingerprint density at radius 2 is 1.92 bits per heavy atom. The summed E-state index contributed by atoms with van der Waals surface area (Å²) in [4.78, 5) is 5.84. The zero-order valence-electron chi connectivity index (χ0n) is 14.8. The molecule has 0 saturated carbocycles. The van der Waals surface area contributed by atoms with Crippen LogP contribution in [-0.2, 0) is 5.75 Å². The molecule has 3 aromatic rings. The van der Waals surface area contributed by atoms with Gasteiger partial charge in [0.1, 0.15) is 5.75 Å². The fraction of sp³-hybridized carbons (Fsp3) is 0.273. The van der Waals surface area contributed by atoms with Gasteiger partial charge < -0.3 is 10.1 Å². The molecule has 3 nitrogen and oxygen atoms in total. The molecule has 134 valence electrons. The number of thioether (sulfide) groups is 1. The van der Waals surface area contributed by atoms with E-state index in [-0.39, 0.29) is 0 Å². The van der Waals surface area contributed by atoms with Crippen LogP contribution in [0.2, 0.25) is 0 Å². The van der Waals surface area contributed by atoms with Crippen molar-refractivity contribution in [2.45, 2.75) is 12.2 Å². The van der Waals surface area contributed by atoms with Crippen LogP contribution in [0.3, 0.4) is 0 Å². The van der Waals surface area contributed by atoms with Crippen LogP contribution < -0.4 is 0 Å². The van der Waals surface area contributed by atoms with E-state index in [1.54, 1.807) is 6.07 Å². The van der Waals surface area contributed by atoms with Gasteiger partial charge >= 0.3 is 0 Å². The van der Waals surface area contributed by atoms with Crippen molar-refractivity contribution >= 4 is 28.2 Å². The first-order valence-electron chi connectivity index (χ1n) is 9.14. The van der Waals surface area contributed by atoms with E-state index in [0.29, 0.717) is 5.75 Å². The normalized spacial score (nSPS) is 15.3. The van der Waals surface area contributed by atoms with E-state index in [2.05, 4.69) is 46.4 Å². The molecule has 0 atom stereocenters. The van der Waals surface area contributed by atoms with E-state index in [1.807, 2.05) is 30.0 Å². The van der Waals surface area contributed by atoms with Gasteiger partial charge in [-0.1, -0.05) is 42.5 Å². The second kappa shape index (κ2) is 8.02. The maximum Gasteiger partial charge on any atom is 0.123 e. The first kappa shape index (κ1) is 17.3. The molecular formula is C22H24N2OS. The van der Waals surface area contributed by atoms with Crippen molar-refractivity contribution in [1.29, 1.82) is 0 Å². The van der Waals surface area contributed by atoms with Gasteiger partial charge in [-0.15, -0.1) is 0 Å². The third-order valence-corrected chi connectivity index (χ3v) is 6.01. The number of nitrogens with zero attached hydrogens (tertiary/aromatic N) is 1. The van der Waals surface area contributed by atoms with Crippen molar-refractivity contribution in [2.75, 3.05) is 25.4 Å². The number of H-pyrrole nitrogens is 1. The van der Waals surface area contributed by atoms with E-state index in [9.17, 15) is 5.11 Å². The quantitative estimate of drug-likeness (QED) is 0.611. The van der Waals surface area contributed by atoms with Gasteiger partial charge in [0.25, 0.3) is 0 Å². The van der Waals surface area contributed by atoms with Gasteiger partial charge in [0.05, 0.1) is 0 Å². The Kier molecular flexibility index (Phi) is 5.32. The summed E-state index contributed by atoms with van der Waals surface area (Å²) in [6.45, 7) is 3.14. The molecule has 4 rings (SSSR count). The van der Waals surface area contributed by atoms with E-state index in [1.165, 1.54) is 22.0 Å². The molecule has 0 saturated heterocycles. The van der Waals surface area contributed by atoms with Gasteiger partial charge in [0.15, 0.2) is 0 Å². The lowest BCUT2D eigenvalue weighted by Gasteiger charge is -2.26. The topological polar surface area (TPSA) is 39.3 Å². The molecule has 0 unspecified atom stereocenters. The monoisotopic (exact) mass is 364 g/mol. The number of nitrogens with one attached hydrogen (secondary N) is 1. The molecule has 0 amide bonds. The zero-order chi connectivity index (χ0) is 17.8. The molecule has 1 aliphatic heterocycles. The highest BCUT2D eigenvalue weighted by Gasteiger charge is 2.14. The zero-order valence-corrected chi connectivity index (χ0v) is 15.6. The molecule has 1 aromatic heterocycles. The van der Waals surface area contributed by atoms with Gasteiger partial charge in [-0.2, -0.15) is 11.8 Å². The number of phenolic OH excluding ortho intramolecular Hbond substituents is 1. The molecule has 2 N–H and O–H groups in total. The van der Waals surface area contributed by atoms with Crippen LogP contribution in [0.1, 0.15) is 17.5 Å². The smallest absolute Gasteiger partial charge is 0.123 e. The van der Waals surface area contributed by atoms with Crippen LogP contribution in [0.4, 0.5) is 0 Å². The number of aromatic hydroxyl groups is 1. The molecule has 1 aliphatic rings.